The normalized spacial score (nSPS) is 12.4. The van der Waals surface area contributed by atoms with Gasteiger partial charge in [0, 0.05) is 0 Å². The highest BCUT2D eigenvalue weighted by Gasteiger charge is 2.20. The molecule has 0 spiro atoms. The van der Waals surface area contributed by atoms with Gasteiger partial charge in [0.2, 0.25) is 0 Å². The van der Waals surface area contributed by atoms with Gasteiger partial charge >= 0.3 is 0 Å². The molecule has 2 N–H and O–H groups in total. The first-order chi connectivity index (χ1) is 12.3. The van der Waals surface area contributed by atoms with Crippen LogP contribution in [0.15, 0.2) is 53.4 Å². The minimum absolute atomic E-state index is 0.0281. The Hall–Kier alpha value is -2.45. The Labute approximate surface area is 152 Å². The monoisotopic (exact) mass is 380 g/mol. The van der Waals surface area contributed by atoms with Crippen molar-refractivity contribution in [2.75, 3.05) is 0 Å². The van der Waals surface area contributed by atoms with Crippen LogP contribution in [0.1, 0.15) is 25.8 Å². The number of hydrogen-bond acceptors (Lipinski definition) is 4. The Kier molecular flexibility index (Phi) is 6.70. The van der Waals surface area contributed by atoms with Crippen molar-refractivity contribution in [1.82, 2.24) is 10.3 Å². The van der Waals surface area contributed by atoms with E-state index in [2.05, 4.69) is 5.43 Å². The van der Waals surface area contributed by atoms with Crippen molar-refractivity contribution < 1.29 is 22.3 Å². The highest BCUT2D eigenvalue weighted by Crippen LogP contribution is 2.17. The van der Waals surface area contributed by atoms with Crippen LogP contribution in [0.5, 0.6) is 5.75 Å². The van der Waals surface area contributed by atoms with E-state index in [4.69, 9.17) is 4.74 Å². The number of carbonyl (C=O) groups excluding carboxylic acids is 1. The molecule has 0 unspecified atom stereocenters. The lowest BCUT2D eigenvalue weighted by molar-refractivity contribution is -0.127. The lowest BCUT2D eigenvalue weighted by Gasteiger charge is -2.15. The maximum absolute atomic E-state index is 13.5. The Morgan fingerprint density at radius 1 is 1.15 bits per heavy atom. The highest BCUT2D eigenvalue weighted by atomic mass is 32.2. The number of rotatable bonds is 8. The molecule has 26 heavy (non-hydrogen) atoms. The number of amides is 1. The number of sulfonamides is 1. The number of halogens is 1. The Balaban J connectivity index is 1.95. The lowest BCUT2D eigenvalue weighted by atomic mass is 10.1. The largest absolute Gasteiger partial charge is 0.478 e. The zero-order valence-corrected chi connectivity index (χ0v) is 15.3. The maximum atomic E-state index is 13.5. The summed E-state index contributed by atoms with van der Waals surface area (Å²) in [6.07, 6.45) is 0.719. The molecule has 6 nitrogen and oxygen atoms in total. The number of hydrazine groups is 1. The maximum Gasteiger partial charge on any atom is 0.275 e. The molecule has 1 atom stereocenters. The molecule has 2 rings (SSSR count). The van der Waals surface area contributed by atoms with Crippen molar-refractivity contribution in [2.45, 2.75) is 37.7 Å². The molecule has 2 aromatic rings. The third-order valence-electron chi connectivity index (χ3n) is 3.59. The van der Waals surface area contributed by atoms with Crippen molar-refractivity contribution >= 4 is 15.9 Å². The second-order valence-corrected chi connectivity index (χ2v) is 7.36. The van der Waals surface area contributed by atoms with Crippen LogP contribution < -0.4 is 15.0 Å². The van der Waals surface area contributed by atoms with Crippen molar-refractivity contribution in [2.24, 2.45) is 0 Å². The van der Waals surface area contributed by atoms with Gasteiger partial charge in [-0.25, -0.2) is 12.8 Å². The van der Waals surface area contributed by atoms with E-state index in [1.165, 1.54) is 37.3 Å². The summed E-state index contributed by atoms with van der Waals surface area (Å²) < 4.78 is 43.2. The number of aryl methyl sites for hydroxylation is 1. The number of nitrogens with one attached hydrogen (secondary N) is 2. The van der Waals surface area contributed by atoms with E-state index in [1.54, 1.807) is 18.2 Å². The Bertz CT molecular complexity index is 854. The number of benzene rings is 2. The van der Waals surface area contributed by atoms with E-state index in [9.17, 15) is 17.6 Å². The molecule has 0 bridgehead atoms. The molecule has 1 amide bonds. The van der Waals surface area contributed by atoms with Gasteiger partial charge in [-0.15, -0.1) is 4.83 Å². The van der Waals surface area contributed by atoms with Crippen LogP contribution in [0.3, 0.4) is 0 Å². The van der Waals surface area contributed by atoms with Crippen LogP contribution in [0, 0.1) is 5.82 Å². The Morgan fingerprint density at radius 2 is 1.81 bits per heavy atom. The van der Waals surface area contributed by atoms with E-state index in [1.807, 2.05) is 11.8 Å². The molecule has 0 aliphatic rings. The van der Waals surface area contributed by atoms with Crippen LogP contribution >= 0.6 is 0 Å². The van der Waals surface area contributed by atoms with Gasteiger partial charge in [0.05, 0.1) is 4.90 Å². The van der Waals surface area contributed by atoms with Gasteiger partial charge in [-0.2, -0.15) is 0 Å². The van der Waals surface area contributed by atoms with E-state index in [0.29, 0.717) is 0 Å². The second kappa shape index (κ2) is 8.77. The summed E-state index contributed by atoms with van der Waals surface area (Å²) in [5.41, 5.74) is 3.11. The molecule has 2 aromatic carbocycles. The van der Waals surface area contributed by atoms with Crippen LogP contribution in [-0.4, -0.2) is 20.4 Å². The highest BCUT2D eigenvalue weighted by molar-refractivity contribution is 7.89. The van der Waals surface area contributed by atoms with Gasteiger partial charge in [-0.1, -0.05) is 37.6 Å². The predicted octanol–water partition coefficient (Wildman–Crippen LogP) is 2.56. The van der Waals surface area contributed by atoms with Crippen molar-refractivity contribution in [1.29, 1.82) is 0 Å². The fourth-order valence-corrected chi connectivity index (χ4v) is 3.03. The third kappa shape index (κ3) is 5.27. The van der Waals surface area contributed by atoms with Gasteiger partial charge in [0.15, 0.2) is 17.7 Å². The standard InChI is InChI=1S/C18H21FN2O4S/c1-3-6-14-9-11-15(12-10-14)26(23,24)21-20-18(22)13(2)25-17-8-5-4-7-16(17)19/h4-5,7-13,21H,3,6H2,1-2H3,(H,20,22)/t13-/m1/s1. The van der Waals surface area contributed by atoms with Gasteiger partial charge in [0.1, 0.15) is 0 Å². The molecule has 0 saturated heterocycles. The van der Waals surface area contributed by atoms with Crippen LogP contribution in [0.4, 0.5) is 4.39 Å². The molecule has 0 radical (unpaired) electrons. The van der Waals surface area contributed by atoms with Crippen LogP contribution in [-0.2, 0) is 21.2 Å². The summed E-state index contributed by atoms with van der Waals surface area (Å²) in [6, 6.07) is 12.0. The first-order valence-corrected chi connectivity index (χ1v) is 9.63. The number of ether oxygens (including phenoxy) is 1. The van der Waals surface area contributed by atoms with Crippen molar-refractivity contribution in [3.8, 4) is 5.75 Å². The summed E-state index contributed by atoms with van der Waals surface area (Å²) in [6.45, 7) is 3.42. The van der Waals surface area contributed by atoms with Crippen molar-refractivity contribution in [3.05, 3.63) is 59.9 Å². The topological polar surface area (TPSA) is 84.5 Å². The average molecular weight is 380 g/mol. The summed E-state index contributed by atoms with van der Waals surface area (Å²) in [5, 5.41) is 0. The minimum Gasteiger partial charge on any atom is -0.478 e. The molecular weight excluding hydrogens is 359 g/mol. The molecule has 140 valence electrons. The van der Waals surface area contributed by atoms with E-state index >= 15 is 0 Å². The van der Waals surface area contributed by atoms with E-state index < -0.39 is 27.9 Å². The number of hydrogen-bond donors (Lipinski definition) is 2. The molecule has 0 aliphatic carbocycles. The quantitative estimate of drug-likeness (QED) is 0.690. The number of carbonyl (C=O) groups is 1. The van der Waals surface area contributed by atoms with E-state index in [0.717, 1.165) is 18.4 Å². The summed E-state index contributed by atoms with van der Waals surface area (Å²) >= 11 is 0. The second-order valence-electron chi connectivity index (χ2n) is 5.68. The minimum atomic E-state index is -3.91. The van der Waals surface area contributed by atoms with Gasteiger partial charge < -0.3 is 4.74 Å². The van der Waals surface area contributed by atoms with Gasteiger partial charge in [-0.3, -0.25) is 10.2 Å². The van der Waals surface area contributed by atoms with Crippen molar-refractivity contribution in [3.63, 3.8) is 0 Å². The smallest absolute Gasteiger partial charge is 0.275 e. The zero-order chi connectivity index (χ0) is 19.2. The SMILES string of the molecule is CCCc1ccc(S(=O)(=O)NNC(=O)[C@@H](C)Oc2ccccc2F)cc1. The average Bonchev–Trinajstić information content (AvgIpc) is 2.62. The predicted molar refractivity (Wildman–Crippen MR) is 95.4 cm³/mol. The molecule has 0 fully saturated rings. The molecular formula is C18H21FN2O4S. The first-order valence-electron chi connectivity index (χ1n) is 8.15. The molecule has 0 aliphatic heterocycles. The molecule has 0 aromatic heterocycles. The molecule has 0 heterocycles. The van der Waals surface area contributed by atoms with Crippen LogP contribution in [0.25, 0.3) is 0 Å². The first kappa shape index (κ1) is 19.9. The number of para-hydroxylation sites is 1. The van der Waals surface area contributed by atoms with Crippen LogP contribution in [0.2, 0.25) is 0 Å². The van der Waals surface area contributed by atoms with Gasteiger partial charge in [0.25, 0.3) is 15.9 Å². The Morgan fingerprint density at radius 3 is 2.42 bits per heavy atom. The van der Waals surface area contributed by atoms with E-state index in [-0.39, 0.29) is 10.6 Å². The lowest BCUT2D eigenvalue weighted by Crippen LogP contribution is -2.47. The summed E-state index contributed by atoms with van der Waals surface area (Å²) in [4.78, 5) is 14.0. The fourth-order valence-electron chi connectivity index (χ4n) is 2.19. The summed E-state index contributed by atoms with van der Waals surface area (Å²) in [7, 11) is -3.91. The van der Waals surface area contributed by atoms with Gasteiger partial charge in [-0.05, 0) is 43.2 Å². The molecule has 0 saturated carbocycles. The third-order valence-corrected chi connectivity index (χ3v) is 4.85. The fraction of sp³-hybridized carbons (Fsp3) is 0.278. The summed E-state index contributed by atoms with van der Waals surface area (Å²) in [5.74, 6) is -1.45. The molecule has 8 heteroatoms. The zero-order valence-electron chi connectivity index (χ0n) is 14.5.